The number of carboxylic acid groups (broad SMARTS) is 1. The molecule has 2 aromatic rings. The quantitative estimate of drug-likeness (QED) is 0.740. The first kappa shape index (κ1) is 14.7. The lowest BCUT2D eigenvalue weighted by Gasteiger charge is -2.07. The van der Waals surface area contributed by atoms with Gasteiger partial charge in [0.05, 0.1) is 6.54 Å². The van der Waals surface area contributed by atoms with Crippen molar-refractivity contribution >= 4 is 35.1 Å². The van der Waals surface area contributed by atoms with E-state index in [9.17, 15) is 9.59 Å². The van der Waals surface area contributed by atoms with Crippen LogP contribution in [0.4, 0.5) is 10.5 Å². The van der Waals surface area contributed by atoms with Gasteiger partial charge < -0.3 is 15.7 Å². The fourth-order valence-electron chi connectivity index (χ4n) is 1.56. The molecule has 0 aliphatic rings. The summed E-state index contributed by atoms with van der Waals surface area (Å²) in [6.07, 6.45) is 4.18. The molecular weight excluding hydrogens is 290 g/mol. The van der Waals surface area contributed by atoms with E-state index in [0.29, 0.717) is 17.8 Å². The lowest BCUT2D eigenvalue weighted by Crippen LogP contribution is -2.28. The summed E-state index contributed by atoms with van der Waals surface area (Å²) >= 11 is 1.46. The van der Waals surface area contributed by atoms with Gasteiger partial charge in [0, 0.05) is 23.3 Å². The number of nitrogens with one attached hydrogen (secondary N) is 2. The molecule has 2 rings (SSSR count). The molecule has 0 fully saturated rings. The van der Waals surface area contributed by atoms with E-state index >= 15 is 0 Å². The van der Waals surface area contributed by atoms with Crippen LogP contribution in [-0.2, 0) is 11.3 Å². The number of carbonyl (C=O) groups excluding carboxylic acids is 1. The molecule has 0 radical (unpaired) electrons. The molecule has 0 aliphatic heterocycles. The summed E-state index contributed by atoms with van der Waals surface area (Å²) < 4.78 is 0. The number of carbonyl (C=O) groups is 2. The normalized spacial score (nSPS) is 10.5. The number of aromatic nitrogens is 1. The van der Waals surface area contributed by atoms with Gasteiger partial charge in [-0.25, -0.2) is 14.6 Å². The highest BCUT2D eigenvalue weighted by Crippen LogP contribution is 2.12. The molecule has 21 heavy (non-hydrogen) atoms. The minimum atomic E-state index is -1.02. The third-order valence-corrected chi connectivity index (χ3v) is 3.23. The predicted molar refractivity (Wildman–Crippen MR) is 81.1 cm³/mol. The average molecular weight is 303 g/mol. The van der Waals surface area contributed by atoms with E-state index in [1.807, 2.05) is 5.38 Å². The molecule has 1 aromatic carbocycles. The Morgan fingerprint density at radius 1 is 1.38 bits per heavy atom. The maximum absolute atomic E-state index is 11.7. The Hall–Kier alpha value is -2.67. The van der Waals surface area contributed by atoms with Crippen LogP contribution in [0.5, 0.6) is 0 Å². The molecule has 7 heteroatoms. The van der Waals surface area contributed by atoms with Crippen molar-refractivity contribution in [2.24, 2.45) is 0 Å². The molecule has 0 saturated heterocycles. The van der Waals surface area contributed by atoms with Crippen molar-refractivity contribution in [1.82, 2.24) is 10.3 Å². The molecule has 0 aliphatic carbocycles. The standard InChI is InChI=1S/C14H13N3O3S/c18-13(19)5-4-10-2-1-3-11(8-10)17-14(20)16-9-12-15-6-7-21-12/h1-8H,9H2,(H,18,19)(H2,16,17,20)/b5-4+. The fraction of sp³-hybridized carbons (Fsp3) is 0.0714. The van der Waals surface area contributed by atoms with Gasteiger partial charge in [-0.3, -0.25) is 0 Å². The van der Waals surface area contributed by atoms with E-state index in [0.717, 1.165) is 11.1 Å². The number of carboxylic acids is 1. The number of nitrogens with zero attached hydrogens (tertiary/aromatic N) is 1. The molecular formula is C14H13N3O3S. The first-order valence-corrected chi connectivity index (χ1v) is 6.96. The van der Waals surface area contributed by atoms with Gasteiger partial charge in [-0.2, -0.15) is 0 Å². The van der Waals surface area contributed by atoms with E-state index < -0.39 is 5.97 Å². The summed E-state index contributed by atoms with van der Waals surface area (Å²) in [4.78, 5) is 26.3. The maximum Gasteiger partial charge on any atom is 0.328 e. The SMILES string of the molecule is O=C(O)/C=C/c1cccc(NC(=O)NCc2nccs2)c1. The zero-order valence-electron chi connectivity index (χ0n) is 10.9. The van der Waals surface area contributed by atoms with Crippen LogP contribution in [0.25, 0.3) is 6.08 Å². The highest BCUT2D eigenvalue weighted by molar-refractivity contribution is 7.09. The van der Waals surface area contributed by atoms with Gasteiger partial charge in [-0.15, -0.1) is 11.3 Å². The Kier molecular flexibility index (Phi) is 5.05. The second-order valence-electron chi connectivity index (χ2n) is 4.03. The molecule has 108 valence electrons. The Labute approximate surface area is 125 Å². The van der Waals surface area contributed by atoms with Gasteiger partial charge in [-0.1, -0.05) is 12.1 Å². The number of rotatable bonds is 5. The van der Waals surface area contributed by atoms with Crippen LogP contribution in [0, 0.1) is 0 Å². The average Bonchev–Trinajstić information content (AvgIpc) is 2.97. The molecule has 1 aromatic heterocycles. The van der Waals surface area contributed by atoms with Gasteiger partial charge in [-0.05, 0) is 23.8 Å². The smallest absolute Gasteiger partial charge is 0.328 e. The fourth-order valence-corrected chi connectivity index (χ4v) is 2.12. The summed E-state index contributed by atoms with van der Waals surface area (Å²) in [6, 6.07) is 6.55. The van der Waals surface area contributed by atoms with Crippen LogP contribution < -0.4 is 10.6 Å². The topological polar surface area (TPSA) is 91.3 Å². The monoisotopic (exact) mass is 303 g/mol. The lowest BCUT2D eigenvalue weighted by molar-refractivity contribution is -0.131. The number of hydrogen-bond donors (Lipinski definition) is 3. The molecule has 0 spiro atoms. The molecule has 0 atom stereocenters. The van der Waals surface area contributed by atoms with Crippen molar-refractivity contribution < 1.29 is 14.7 Å². The third kappa shape index (κ3) is 5.07. The number of benzene rings is 1. The zero-order chi connectivity index (χ0) is 15.1. The van der Waals surface area contributed by atoms with Gasteiger partial charge in [0.25, 0.3) is 0 Å². The van der Waals surface area contributed by atoms with Crippen LogP contribution in [-0.4, -0.2) is 22.1 Å². The van der Waals surface area contributed by atoms with Crippen LogP contribution in [0.1, 0.15) is 10.6 Å². The van der Waals surface area contributed by atoms with E-state index in [4.69, 9.17) is 5.11 Å². The van der Waals surface area contributed by atoms with E-state index in [1.54, 1.807) is 30.5 Å². The van der Waals surface area contributed by atoms with Gasteiger partial charge in [0.1, 0.15) is 5.01 Å². The van der Waals surface area contributed by atoms with E-state index in [-0.39, 0.29) is 6.03 Å². The molecule has 2 amide bonds. The number of amides is 2. The highest BCUT2D eigenvalue weighted by Gasteiger charge is 2.03. The van der Waals surface area contributed by atoms with E-state index in [2.05, 4.69) is 15.6 Å². The van der Waals surface area contributed by atoms with Crippen molar-refractivity contribution in [3.8, 4) is 0 Å². The highest BCUT2D eigenvalue weighted by atomic mass is 32.1. The minimum absolute atomic E-state index is 0.343. The minimum Gasteiger partial charge on any atom is -0.478 e. The molecule has 6 nitrogen and oxygen atoms in total. The van der Waals surface area contributed by atoms with Crippen LogP contribution in [0.2, 0.25) is 0 Å². The van der Waals surface area contributed by atoms with Crippen molar-refractivity contribution in [2.45, 2.75) is 6.54 Å². The Morgan fingerprint density at radius 3 is 2.95 bits per heavy atom. The summed E-state index contributed by atoms with van der Waals surface area (Å²) in [6.45, 7) is 0.363. The molecule has 0 bridgehead atoms. The van der Waals surface area contributed by atoms with Gasteiger partial charge in [0.15, 0.2) is 0 Å². The molecule has 0 saturated carbocycles. The number of aliphatic carboxylic acids is 1. The maximum atomic E-state index is 11.7. The summed E-state index contributed by atoms with van der Waals surface area (Å²) in [7, 11) is 0. The summed E-state index contributed by atoms with van der Waals surface area (Å²) in [5, 5.41) is 16.6. The van der Waals surface area contributed by atoms with Crippen molar-refractivity contribution in [1.29, 1.82) is 0 Å². The third-order valence-electron chi connectivity index (χ3n) is 2.45. The predicted octanol–water partition coefficient (Wildman–Crippen LogP) is 2.56. The largest absolute Gasteiger partial charge is 0.478 e. The summed E-state index contributed by atoms with van der Waals surface area (Å²) in [5.41, 5.74) is 1.27. The zero-order valence-corrected chi connectivity index (χ0v) is 11.8. The number of thiazole rings is 1. The van der Waals surface area contributed by atoms with Crippen molar-refractivity contribution in [2.75, 3.05) is 5.32 Å². The van der Waals surface area contributed by atoms with Gasteiger partial charge >= 0.3 is 12.0 Å². The first-order valence-electron chi connectivity index (χ1n) is 6.08. The lowest BCUT2D eigenvalue weighted by atomic mass is 10.2. The Balaban J connectivity index is 1.91. The Morgan fingerprint density at radius 2 is 2.24 bits per heavy atom. The van der Waals surface area contributed by atoms with Crippen molar-refractivity contribution in [3.05, 3.63) is 52.5 Å². The van der Waals surface area contributed by atoms with E-state index in [1.165, 1.54) is 17.4 Å². The van der Waals surface area contributed by atoms with Gasteiger partial charge in [0.2, 0.25) is 0 Å². The number of hydrogen-bond acceptors (Lipinski definition) is 4. The molecule has 0 unspecified atom stereocenters. The molecule has 3 N–H and O–H groups in total. The van der Waals surface area contributed by atoms with Crippen molar-refractivity contribution in [3.63, 3.8) is 0 Å². The van der Waals surface area contributed by atoms with Crippen LogP contribution in [0.3, 0.4) is 0 Å². The second kappa shape index (κ2) is 7.20. The van der Waals surface area contributed by atoms with Crippen LogP contribution >= 0.6 is 11.3 Å². The number of anilines is 1. The Bertz CT molecular complexity index is 653. The second-order valence-corrected chi connectivity index (χ2v) is 5.01. The summed E-state index contributed by atoms with van der Waals surface area (Å²) in [5.74, 6) is -1.02. The molecule has 1 heterocycles. The number of urea groups is 1. The first-order chi connectivity index (χ1) is 10.1. The van der Waals surface area contributed by atoms with Crippen LogP contribution in [0.15, 0.2) is 41.9 Å².